The van der Waals surface area contributed by atoms with Crippen LogP contribution in [0.4, 0.5) is 0 Å². The molecular formula is C16H25N5S. The lowest BCUT2D eigenvalue weighted by Gasteiger charge is -2.21. The van der Waals surface area contributed by atoms with Crippen LogP contribution in [0.25, 0.3) is 0 Å². The van der Waals surface area contributed by atoms with Crippen LogP contribution in [0.2, 0.25) is 0 Å². The van der Waals surface area contributed by atoms with Gasteiger partial charge in [-0.15, -0.1) is 0 Å². The van der Waals surface area contributed by atoms with Crippen molar-refractivity contribution >= 4 is 17.3 Å². The first-order valence-electron chi connectivity index (χ1n) is 7.52. The Balaban J connectivity index is 2.12. The van der Waals surface area contributed by atoms with Crippen molar-refractivity contribution in [3.8, 4) is 0 Å². The van der Waals surface area contributed by atoms with Crippen molar-refractivity contribution in [3.05, 3.63) is 39.3 Å². The number of hydrogen-bond acceptors (Lipinski definition) is 3. The molecule has 5 nitrogen and oxygen atoms in total. The molecule has 0 amide bonds. The van der Waals surface area contributed by atoms with Crippen molar-refractivity contribution < 1.29 is 0 Å². The number of nitrogens with zero attached hydrogens (tertiary/aromatic N) is 4. The van der Waals surface area contributed by atoms with Crippen LogP contribution in [-0.2, 0) is 20.1 Å². The fraction of sp³-hybridized carbons (Fsp3) is 0.500. The van der Waals surface area contributed by atoms with Gasteiger partial charge in [0.05, 0.1) is 12.2 Å². The maximum atomic E-state index is 4.78. The monoisotopic (exact) mass is 319 g/mol. The van der Waals surface area contributed by atoms with Crippen LogP contribution in [0.5, 0.6) is 0 Å². The van der Waals surface area contributed by atoms with Crippen molar-refractivity contribution in [1.82, 2.24) is 20.0 Å². The van der Waals surface area contributed by atoms with Gasteiger partial charge in [0.25, 0.3) is 0 Å². The van der Waals surface area contributed by atoms with E-state index < -0.39 is 0 Å². The molecule has 2 rings (SSSR count). The Labute approximate surface area is 136 Å². The van der Waals surface area contributed by atoms with Crippen molar-refractivity contribution in [1.29, 1.82) is 0 Å². The van der Waals surface area contributed by atoms with Gasteiger partial charge in [-0.2, -0.15) is 16.4 Å². The van der Waals surface area contributed by atoms with E-state index in [9.17, 15) is 0 Å². The second kappa shape index (κ2) is 7.45. The minimum absolute atomic E-state index is 0.655. The van der Waals surface area contributed by atoms with E-state index in [0.29, 0.717) is 6.54 Å². The van der Waals surface area contributed by atoms with Crippen LogP contribution in [0.3, 0.4) is 0 Å². The Kier molecular flexibility index (Phi) is 5.60. The summed E-state index contributed by atoms with van der Waals surface area (Å²) in [6, 6.07) is 2.15. The molecule has 0 aliphatic heterocycles. The lowest BCUT2D eigenvalue weighted by atomic mass is 10.2. The Morgan fingerprint density at radius 2 is 2.23 bits per heavy atom. The molecule has 0 aliphatic carbocycles. The molecule has 0 spiro atoms. The lowest BCUT2D eigenvalue weighted by Crippen LogP contribution is -2.38. The normalized spacial score (nSPS) is 11.8. The minimum atomic E-state index is 0.655. The van der Waals surface area contributed by atoms with E-state index in [4.69, 9.17) is 4.99 Å². The fourth-order valence-electron chi connectivity index (χ4n) is 2.40. The summed E-state index contributed by atoms with van der Waals surface area (Å²) in [6.07, 6.45) is 0. The molecule has 22 heavy (non-hydrogen) atoms. The fourth-order valence-corrected chi connectivity index (χ4v) is 3.06. The molecule has 0 saturated heterocycles. The standard InChI is InChI=1S/C16H25N5S/c1-6-17-16(20(4)10-14-7-8-22-11-14)18-9-15-12(2)19-21(5)13(15)3/h7-8,11H,6,9-10H2,1-5H3,(H,17,18). The van der Waals surface area contributed by atoms with E-state index in [1.165, 1.54) is 16.8 Å². The van der Waals surface area contributed by atoms with Gasteiger partial charge < -0.3 is 10.2 Å². The highest BCUT2D eigenvalue weighted by Crippen LogP contribution is 2.13. The number of aromatic nitrogens is 2. The van der Waals surface area contributed by atoms with Gasteiger partial charge >= 0.3 is 0 Å². The summed E-state index contributed by atoms with van der Waals surface area (Å²) in [5.74, 6) is 0.927. The average Bonchev–Trinajstić information content (AvgIpc) is 3.06. The van der Waals surface area contributed by atoms with Crippen LogP contribution >= 0.6 is 11.3 Å². The molecule has 2 aromatic rings. The highest BCUT2D eigenvalue weighted by molar-refractivity contribution is 7.07. The first-order chi connectivity index (χ1) is 10.5. The number of hydrogen-bond donors (Lipinski definition) is 1. The highest BCUT2D eigenvalue weighted by Gasteiger charge is 2.11. The summed E-state index contributed by atoms with van der Waals surface area (Å²) in [6.45, 7) is 8.60. The third-order valence-corrected chi connectivity index (χ3v) is 4.47. The number of thiophene rings is 1. The van der Waals surface area contributed by atoms with Crippen LogP contribution in [-0.4, -0.2) is 34.2 Å². The zero-order chi connectivity index (χ0) is 16.1. The zero-order valence-corrected chi connectivity index (χ0v) is 14.9. The largest absolute Gasteiger partial charge is 0.357 e. The maximum absolute atomic E-state index is 4.78. The van der Waals surface area contributed by atoms with Crippen molar-refractivity contribution in [2.45, 2.75) is 33.9 Å². The third kappa shape index (κ3) is 3.88. The van der Waals surface area contributed by atoms with E-state index in [-0.39, 0.29) is 0 Å². The van der Waals surface area contributed by atoms with Gasteiger partial charge in [0.2, 0.25) is 0 Å². The third-order valence-electron chi connectivity index (χ3n) is 3.74. The molecule has 0 radical (unpaired) electrons. The SMILES string of the molecule is CCNC(=NCc1c(C)nn(C)c1C)N(C)Cc1ccsc1. The summed E-state index contributed by atoms with van der Waals surface area (Å²) in [5, 5.41) is 12.1. The van der Waals surface area contributed by atoms with Crippen molar-refractivity contribution in [3.63, 3.8) is 0 Å². The molecule has 0 aromatic carbocycles. The van der Waals surface area contributed by atoms with Crippen LogP contribution in [0.1, 0.15) is 29.4 Å². The van der Waals surface area contributed by atoms with Gasteiger partial charge in [-0.05, 0) is 43.2 Å². The molecular weight excluding hydrogens is 294 g/mol. The molecule has 0 atom stereocenters. The Morgan fingerprint density at radius 3 is 2.77 bits per heavy atom. The first kappa shape index (κ1) is 16.5. The Morgan fingerprint density at radius 1 is 1.45 bits per heavy atom. The van der Waals surface area contributed by atoms with Gasteiger partial charge in [-0.3, -0.25) is 4.68 Å². The molecule has 120 valence electrons. The predicted octanol–water partition coefficient (Wildman–Crippen LogP) is 2.70. The van der Waals surface area contributed by atoms with E-state index in [1.807, 2.05) is 18.7 Å². The van der Waals surface area contributed by atoms with Gasteiger partial charge in [0, 0.05) is 38.4 Å². The summed E-state index contributed by atoms with van der Waals surface area (Å²) < 4.78 is 1.92. The zero-order valence-electron chi connectivity index (χ0n) is 14.1. The van der Waals surface area contributed by atoms with Gasteiger partial charge in [0.1, 0.15) is 0 Å². The first-order valence-corrected chi connectivity index (χ1v) is 8.46. The lowest BCUT2D eigenvalue weighted by molar-refractivity contribution is 0.477. The van der Waals surface area contributed by atoms with Gasteiger partial charge in [-0.25, -0.2) is 4.99 Å². The molecule has 1 N–H and O–H groups in total. The summed E-state index contributed by atoms with van der Waals surface area (Å²) in [7, 11) is 4.05. The molecule has 6 heteroatoms. The Bertz CT molecular complexity index is 627. The smallest absolute Gasteiger partial charge is 0.194 e. The van der Waals surface area contributed by atoms with Crippen molar-refractivity contribution in [2.24, 2.45) is 12.0 Å². The van der Waals surface area contributed by atoms with Crippen LogP contribution in [0, 0.1) is 13.8 Å². The maximum Gasteiger partial charge on any atom is 0.194 e. The van der Waals surface area contributed by atoms with E-state index in [2.05, 4.69) is 53.0 Å². The molecule has 0 aliphatic rings. The molecule has 0 fully saturated rings. The van der Waals surface area contributed by atoms with E-state index in [0.717, 1.165) is 24.7 Å². The van der Waals surface area contributed by atoms with E-state index >= 15 is 0 Å². The summed E-state index contributed by atoms with van der Waals surface area (Å²) >= 11 is 1.73. The second-order valence-corrected chi connectivity index (χ2v) is 6.21. The summed E-state index contributed by atoms with van der Waals surface area (Å²) in [4.78, 5) is 6.94. The number of aryl methyl sites for hydroxylation is 2. The number of guanidine groups is 1. The highest BCUT2D eigenvalue weighted by atomic mass is 32.1. The Hall–Kier alpha value is -1.82. The van der Waals surface area contributed by atoms with Crippen LogP contribution in [0.15, 0.2) is 21.8 Å². The quantitative estimate of drug-likeness (QED) is 0.681. The molecule has 0 bridgehead atoms. The number of rotatable bonds is 5. The minimum Gasteiger partial charge on any atom is -0.357 e. The predicted molar refractivity (Wildman–Crippen MR) is 93.3 cm³/mol. The van der Waals surface area contributed by atoms with Gasteiger partial charge in [-0.1, -0.05) is 0 Å². The summed E-state index contributed by atoms with van der Waals surface area (Å²) in [5.41, 5.74) is 4.76. The molecule has 2 aromatic heterocycles. The number of aliphatic imine (C=N–C) groups is 1. The van der Waals surface area contributed by atoms with Gasteiger partial charge in [0.15, 0.2) is 5.96 Å². The van der Waals surface area contributed by atoms with E-state index in [1.54, 1.807) is 11.3 Å². The van der Waals surface area contributed by atoms with Crippen LogP contribution < -0.4 is 5.32 Å². The molecule has 0 saturated carbocycles. The molecule has 2 heterocycles. The van der Waals surface area contributed by atoms with Crippen molar-refractivity contribution in [2.75, 3.05) is 13.6 Å². The molecule has 0 unspecified atom stereocenters. The number of nitrogens with one attached hydrogen (secondary N) is 1. The second-order valence-electron chi connectivity index (χ2n) is 5.43. The topological polar surface area (TPSA) is 45.5 Å². The average molecular weight is 319 g/mol.